The van der Waals surface area contributed by atoms with Gasteiger partial charge in [-0.25, -0.2) is 0 Å². The van der Waals surface area contributed by atoms with Crippen LogP contribution in [0.1, 0.15) is 246 Å². The van der Waals surface area contributed by atoms with Crippen molar-refractivity contribution in [3.63, 3.8) is 0 Å². The van der Waals surface area contributed by atoms with Gasteiger partial charge < -0.3 is 0 Å². The molecule has 0 bridgehead atoms. The summed E-state index contributed by atoms with van der Waals surface area (Å²) in [5, 5.41) is 0. The van der Waals surface area contributed by atoms with Crippen LogP contribution in [-0.4, -0.2) is 11.6 Å². The van der Waals surface area contributed by atoms with Gasteiger partial charge >= 0.3 is 0 Å². The van der Waals surface area contributed by atoms with Crippen LogP contribution in [0.4, 0.5) is 0 Å². The zero-order valence-electron chi connectivity index (χ0n) is 45.8. The highest BCUT2D eigenvalue weighted by Crippen LogP contribution is 2.29. The highest BCUT2D eigenvalue weighted by Gasteiger charge is 2.28. The van der Waals surface area contributed by atoms with E-state index < -0.39 is 0 Å². The molecular formula is C66H96O2. The third-order valence-electron chi connectivity index (χ3n) is 13.5. The van der Waals surface area contributed by atoms with E-state index in [1.54, 1.807) is 19.1 Å². The van der Waals surface area contributed by atoms with E-state index in [0.717, 1.165) is 103 Å². The summed E-state index contributed by atoms with van der Waals surface area (Å²) in [5.41, 5.74) is 18.5. The van der Waals surface area contributed by atoms with E-state index in [4.69, 9.17) is 0 Å². The van der Waals surface area contributed by atoms with Crippen molar-refractivity contribution in [2.75, 3.05) is 0 Å². The van der Waals surface area contributed by atoms with Gasteiger partial charge in [-0.2, -0.15) is 0 Å². The van der Waals surface area contributed by atoms with E-state index in [1.807, 2.05) is 12.1 Å². The number of carbonyl (C=O) groups excluding carboxylic acids is 2. The van der Waals surface area contributed by atoms with Crippen molar-refractivity contribution >= 4 is 11.6 Å². The maximum Gasteiger partial charge on any atom is 0.190 e. The van der Waals surface area contributed by atoms with E-state index in [-0.39, 0.29) is 11.6 Å². The molecule has 0 aliphatic heterocycles. The molecule has 0 amide bonds. The summed E-state index contributed by atoms with van der Waals surface area (Å²) in [4.78, 5) is 25.9. The number of hydrogen-bond donors (Lipinski definition) is 0. The largest absolute Gasteiger partial charge is 0.289 e. The average molecular weight is 921 g/mol. The van der Waals surface area contributed by atoms with Gasteiger partial charge in [0.15, 0.2) is 11.6 Å². The molecule has 2 nitrogen and oxygen atoms in total. The Morgan fingerprint density at radius 1 is 0.324 bits per heavy atom. The van der Waals surface area contributed by atoms with Crippen molar-refractivity contribution in [3.8, 4) is 0 Å². The maximum absolute atomic E-state index is 13.1. The van der Waals surface area contributed by atoms with E-state index in [0.29, 0.717) is 28.7 Å². The molecule has 372 valence electrons. The normalized spacial score (nSPS) is 15.5. The molecule has 0 radical (unpaired) electrons. The molecule has 0 spiro atoms. The minimum atomic E-state index is -0.0234. The molecule has 0 unspecified atom stereocenters. The second-order valence-corrected chi connectivity index (χ2v) is 20.7. The van der Waals surface area contributed by atoms with Crippen LogP contribution in [0.25, 0.3) is 0 Å². The number of rotatable bonds is 32. The minimum absolute atomic E-state index is 0.00888. The first-order valence-electron chi connectivity index (χ1n) is 26.5. The molecule has 0 fully saturated rings. The molecule has 1 aromatic carbocycles. The summed E-state index contributed by atoms with van der Waals surface area (Å²) >= 11 is 0. The van der Waals surface area contributed by atoms with Crippen LogP contribution in [0.15, 0.2) is 164 Å². The van der Waals surface area contributed by atoms with Crippen molar-refractivity contribution in [2.24, 2.45) is 0 Å². The number of ketones is 2. The lowest BCUT2D eigenvalue weighted by Gasteiger charge is -2.18. The molecular weight excluding hydrogens is 825 g/mol. The first-order valence-corrected chi connectivity index (χ1v) is 26.5. The van der Waals surface area contributed by atoms with E-state index in [2.05, 4.69) is 150 Å². The van der Waals surface area contributed by atoms with E-state index >= 15 is 0 Å². The van der Waals surface area contributed by atoms with Crippen LogP contribution in [-0.2, 0) is 0 Å². The van der Waals surface area contributed by atoms with Gasteiger partial charge in [0.1, 0.15) is 0 Å². The number of fused-ring (bicyclic) bond motifs is 1. The van der Waals surface area contributed by atoms with Gasteiger partial charge in [-0.15, -0.1) is 0 Å². The lowest BCUT2D eigenvalue weighted by molar-refractivity contribution is 0.0973. The van der Waals surface area contributed by atoms with E-state index in [1.165, 1.54) is 87.0 Å². The van der Waals surface area contributed by atoms with Gasteiger partial charge in [0.2, 0.25) is 0 Å². The summed E-state index contributed by atoms with van der Waals surface area (Å²) in [6.45, 7) is 28.9. The quantitative estimate of drug-likeness (QED) is 0.0675. The van der Waals surface area contributed by atoms with Crippen LogP contribution in [0.2, 0.25) is 0 Å². The summed E-state index contributed by atoms with van der Waals surface area (Å²) in [7, 11) is 0. The predicted molar refractivity (Wildman–Crippen MR) is 302 cm³/mol. The van der Waals surface area contributed by atoms with Gasteiger partial charge in [0.25, 0.3) is 0 Å². The Labute approximate surface area is 418 Å². The topological polar surface area (TPSA) is 34.1 Å². The molecule has 2 heteroatoms. The maximum atomic E-state index is 13.1. The number of hydrogen-bond acceptors (Lipinski definition) is 2. The van der Waals surface area contributed by atoms with Crippen molar-refractivity contribution in [1.29, 1.82) is 0 Å². The van der Waals surface area contributed by atoms with Crippen LogP contribution in [0.3, 0.4) is 0 Å². The van der Waals surface area contributed by atoms with Crippen LogP contribution >= 0.6 is 0 Å². The predicted octanol–water partition coefficient (Wildman–Crippen LogP) is 21.0. The molecule has 0 aromatic heterocycles. The highest BCUT2D eigenvalue weighted by molar-refractivity contribution is 6.26. The fraction of sp³-hybridized carbons (Fsp3) is 0.515. The number of benzene rings is 1. The van der Waals surface area contributed by atoms with Gasteiger partial charge in [0, 0.05) is 22.3 Å². The summed E-state index contributed by atoms with van der Waals surface area (Å²) in [6.07, 6.45) is 49.5. The Kier molecular flexibility index (Phi) is 30.4. The minimum Gasteiger partial charge on any atom is -0.289 e. The molecule has 1 aromatic rings. The number of carbonyl (C=O) groups is 2. The Morgan fingerprint density at radius 2 is 0.544 bits per heavy atom. The van der Waals surface area contributed by atoms with Gasteiger partial charge in [-0.3, -0.25) is 9.59 Å². The second kappa shape index (κ2) is 34.7. The van der Waals surface area contributed by atoms with Gasteiger partial charge in [0.05, 0.1) is 0 Å². The lowest BCUT2D eigenvalue weighted by Crippen LogP contribution is -2.20. The van der Waals surface area contributed by atoms with Crippen molar-refractivity contribution in [2.45, 2.75) is 225 Å². The standard InChI is InChI=1S/C66H96O2/c1-50(2)26-16-27-51(3)28-17-29-52(4)30-18-31-53(5)32-19-33-54(6)34-20-35-55(7)36-21-37-56(8)38-22-39-57(9)40-23-41-58(10)42-24-43-59(11)44-25-45-60(12)48-49-62-61(13)65(67)63-46-14-15-47-64(63)66(62)68/h14-15,26,28,30,32,34,36,38,40,42,44,46-48H,16-25,27,29,31,33,35,37,39,41,43,45,49H2,1-13H3. The monoisotopic (exact) mass is 921 g/mol. The zero-order chi connectivity index (χ0) is 50.3. The Morgan fingerprint density at radius 3 is 0.794 bits per heavy atom. The Bertz CT molecular complexity index is 2140. The molecule has 1 aliphatic rings. The smallest absolute Gasteiger partial charge is 0.190 e. The number of Topliss-reactive ketones (excluding diaryl/α,β-unsaturated/α-hetero) is 2. The highest BCUT2D eigenvalue weighted by atomic mass is 16.1. The molecule has 0 saturated heterocycles. The molecule has 2 rings (SSSR count). The molecule has 68 heavy (non-hydrogen) atoms. The summed E-state index contributed by atoms with van der Waals surface area (Å²) < 4.78 is 0. The Balaban J connectivity index is 1.57. The lowest BCUT2D eigenvalue weighted by atomic mass is 9.83. The molecule has 0 saturated carbocycles. The van der Waals surface area contributed by atoms with Crippen LogP contribution in [0.5, 0.6) is 0 Å². The van der Waals surface area contributed by atoms with Crippen molar-refractivity contribution in [3.05, 3.63) is 175 Å². The first kappa shape index (κ1) is 59.6. The molecule has 0 N–H and O–H groups in total. The third-order valence-corrected chi connectivity index (χ3v) is 13.5. The van der Waals surface area contributed by atoms with Crippen molar-refractivity contribution < 1.29 is 9.59 Å². The fourth-order valence-electron chi connectivity index (χ4n) is 8.60. The molecule has 1 aliphatic carbocycles. The van der Waals surface area contributed by atoms with Gasteiger partial charge in [-0.1, -0.05) is 152 Å². The molecule has 0 heterocycles. The van der Waals surface area contributed by atoms with Crippen molar-refractivity contribution in [1.82, 2.24) is 0 Å². The second-order valence-electron chi connectivity index (χ2n) is 20.7. The van der Waals surface area contributed by atoms with Crippen LogP contribution in [0, 0.1) is 0 Å². The fourth-order valence-corrected chi connectivity index (χ4v) is 8.60. The average Bonchev–Trinajstić information content (AvgIpc) is 3.28. The first-order chi connectivity index (χ1) is 32.5. The Hall–Kier alpha value is -4.56. The van der Waals surface area contributed by atoms with Gasteiger partial charge in [-0.05, 0) is 225 Å². The summed E-state index contributed by atoms with van der Waals surface area (Å²) in [6, 6.07) is 7.17. The third kappa shape index (κ3) is 26.8. The molecule has 0 atom stereocenters. The van der Waals surface area contributed by atoms with Crippen LogP contribution < -0.4 is 0 Å². The van der Waals surface area contributed by atoms with E-state index in [9.17, 15) is 9.59 Å². The SMILES string of the molecule is CC(C)=CCCC(C)=CCCC(C)=CCCC(C)=CCCC(C)=CCCC(C)=CCCC(C)=CCCC(C)=CCCC(C)=CCCC(C)=CCCC(C)=CCC1=C(C)C(=O)c2ccccc2C1=O. The number of allylic oxidation sites excluding steroid dienone is 24. The summed E-state index contributed by atoms with van der Waals surface area (Å²) in [5.74, 6) is -0.0322. The zero-order valence-corrected chi connectivity index (χ0v) is 45.8.